The largest absolute Gasteiger partial charge is 0.325 e. The summed E-state index contributed by atoms with van der Waals surface area (Å²) in [5.41, 5.74) is 8.67. The second-order valence-electron chi connectivity index (χ2n) is 3.33. The Labute approximate surface area is 91.3 Å². The van der Waals surface area contributed by atoms with Crippen LogP contribution in [-0.2, 0) is 6.54 Å². The van der Waals surface area contributed by atoms with Gasteiger partial charge in [-0.2, -0.15) is 0 Å². The third kappa shape index (κ3) is 1.65. The van der Waals surface area contributed by atoms with Crippen LogP contribution >= 0.6 is 15.9 Å². The quantitative estimate of drug-likeness (QED) is 0.846. The van der Waals surface area contributed by atoms with Crippen LogP contribution in [0.3, 0.4) is 0 Å². The summed E-state index contributed by atoms with van der Waals surface area (Å²) in [6.45, 7) is 2.55. The number of halogens is 1. The Morgan fingerprint density at radius 1 is 1.36 bits per heavy atom. The second kappa shape index (κ2) is 3.67. The molecule has 0 saturated heterocycles. The molecule has 1 aromatic heterocycles. The highest BCUT2D eigenvalue weighted by molar-refractivity contribution is 9.10. The molecule has 3 heteroatoms. The van der Waals surface area contributed by atoms with Gasteiger partial charge in [-0.15, -0.1) is 0 Å². The first-order valence-corrected chi connectivity index (χ1v) is 5.26. The molecule has 72 valence electrons. The third-order valence-electron chi connectivity index (χ3n) is 2.16. The van der Waals surface area contributed by atoms with Crippen molar-refractivity contribution in [3.63, 3.8) is 0 Å². The van der Waals surface area contributed by atoms with E-state index < -0.39 is 0 Å². The Bertz CT molecular complexity index is 480. The highest BCUT2D eigenvalue weighted by atomic mass is 79.9. The van der Waals surface area contributed by atoms with Gasteiger partial charge in [0.15, 0.2) is 0 Å². The van der Waals surface area contributed by atoms with Gasteiger partial charge >= 0.3 is 0 Å². The summed E-state index contributed by atoms with van der Waals surface area (Å²) in [4.78, 5) is 4.46. The highest BCUT2D eigenvalue weighted by Crippen LogP contribution is 2.24. The van der Waals surface area contributed by atoms with E-state index in [0.29, 0.717) is 6.54 Å². The van der Waals surface area contributed by atoms with E-state index in [-0.39, 0.29) is 0 Å². The molecule has 0 amide bonds. The van der Waals surface area contributed by atoms with Crippen LogP contribution in [0.25, 0.3) is 10.9 Å². The Kier molecular flexibility index (Phi) is 2.52. The molecule has 0 fully saturated rings. The first kappa shape index (κ1) is 9.62. The van der Waals surface area contributed by atoms with E-state index >= 15 is 0 Å². The van der Waals surface area contributed by atoms with Crippen LogP contribution < -0.4 is 5.73 Å². The van der Waals surface area contributed by atoms with Crippen molar-refractivity contribution >= 4 is 26.8 Å². The predicted octanol–water partition coefficient (Wildman–Crippen LogP) is 2.76. The molecule has 0 aliphatic heterocycles. The number of rotatable bonds is 1. The predicted molar refractivity (Wildman–Crippen MR) is 62.1 cm³/mol. The molecule has 1 aromatic carbocycles. The van der Waals surface area contributed by atoms with E-state index in [4.69, 9.17) is 5.73 Å². The fourth-order valence-corrected chi connectivity index (χ4v) is 2.17. The minimum absolute atomic E-state index is 0.482. The summed E-state index contributed by atoms with van der Waals surface area (Å²) in [5.74, 6) is 0. The summed E-state index contributed by atoms with van der Waals surface area (Å²) in [5, 5.41) is 1.15. The maximum Gasteiger partial charge on any atom is 0.0847 e. The van der Waals surface area contributed by atoms with Gasteiger partial charge in [0.25, 0.3) is 0 Å². The first-order valence-electron chi connectivity index (χ1n) is 4.46. The molecule has 0 spiro atoms. The van der Waals surface area contributed by atoms with E-state index in [1.807, 2.05) is 6.07 Å². The fraction of sp³-hybridized carbons (Fsp3) is 0.182. The average Bonchev–Trinajstić information content (AvgIpc) is 2.17. The number of hydrogen-bond donors (Lipinski definition) is 1. The Morgan fingerprint density at radius 3 is 2.86 bits per heavy atom. The van der Waals surface area contributed by atoms with Crippen molar-refractivity contribution in [2.24, 2.45) is 5.73 Å². The van der Waals surface area contributed by atoms with Gasteiger partial charge in [-0.1, -0.05) is 6.07 Å². The van der Waals surface area contributed by atoms with Crippen molar-refractivity contribution in [3.8, 4) is 0 Å². The monoisotopic (exact) mass is 250 g/mol. The molecule has 0 aliphatic rings. The molecule has 0 atom stereocenters. The molecule has 2 N–H and O–H groups in total. The zero-order valence-electron chi connectivity index (χ0n) is 7.92. The normalized spacial score (nSPS) is 10.8. The Balaban J connectivity index is 2.75. The van der Waals surface area contributed by atoms with Gasteiger partial charge in [0.05, 0.1) is 11.2 Å². The molecule has 0 aliphatic carbocycles. The van der Waals surface area contributed by atoms with E-state index in [1.54, 1.807) is 0 Å². The average molecular weight is 251 g/mol. The molecular formula is C11H11BrN2. The van der Waals surface area contributed by atoms with E-state index in [2.05, 4.69) is 46.0 Å². The molecule has 0 saturated carbocycles. The van der Waals surface area contributed by atoms with Crippen molar-refractivity contribution in [2.45, 2.75) is 13.5 Å². The fourth-order valence-electron chi connectivity index (χ4n) is 1.49. The van der Waals surface area contributed by atoms with E-state index in [1.165, 1.54) is 5.56 Å². The highest BCUT2D eigenvalue weighted by Gasteiger charge is 2.02. The number of nitrogens with zero attached hydrogens (tertiary/aromatic N) is 1. The Morgan fingerprint density at radius 2 is 2.14 bits per heavy atom. The van der Waals surface area contributed by atoms with Crippen molar-refractivity contribution in [3.05, 3.63) is 40.0 Å². The van der Waals surface area contributed by atoms with Gasteiger partial charge in [-0.05, 0) is 46.6 Å². The molecule has 2 aromatic rings. The SMILES string of the molecule is Cc1cc(Br)c2nc(CN)ccc2c1. The topological polar surface area (TPSA) is 38.9 Å². The van der Waals surface area contributed by atoms with Crippen LogP contribution in [0.15, 0.2) is 28.7 Å². The number of fused-ring (bicyclic) bond motifs is 1. The van der Waals surface area contributed by atoms with Crippen molar-refractivity contribution in [1.29, 1.82) is 0 Å². The van der Waals surface area contributed by atoms with Gasteiger partial charge in [0.1, 0.15) is 0 Å². The number of aromatic nitrogens is 1. The molecule has 0 radical (unpaired) electrons. The number of benzene rings is 1. The molecule has 2 nitrogen and oxygen atoms in total. The molecule has 14 heavy (non-hydrogen) atoms. The summed E-state index contributed by atoms with van der Waals surface area (Å²) in [6.07, 6.45) is 0. The minimum atomic E-state index is 0.482. The van der Waals surface area contributed by atoms with Crippen LogP contribution in [-0.4, -0.2) is 4.98 Å². The van der Waals surface area contributed by atoms with Crippen molar-refractivity contribution < 1.29 is 0 Å². The zero-order valence-corrected chi connectivity index (χ0v) is 9.51. The maximum atomic E-state index is 5.54. The zero-order chi connectivity index (χ0) is 10.1. The van der Waals surface area contributed by atoms with Crippen LogP contribution in [0, 0.1) is 6.92 Å². The lowest BCUT2D eigenvalue weighted by molar-refractivity contribution is 1.01. The van der Waals surface area contributed by atoms with Gasteiger partial charge < -0.3 is 5.73 Å². The lowest BCUT2D eigenvalue weighted by Gasteiger charge is -2.04. The summed E-state index contributed by atoms with van der Waals surface area (Å²) >= 11 is 3.51. The molecule has 0 bridgehead atoms. The summed E-state index contributed by atoms with van der Waals surface area (Å²) in [7, 11) is 0. The minimum Gasteiger partial charge on any atom is -0.325 e. The molecule has 2 rings (SSSR count). The van der Waals surface area contributed by atoms with E-state index in [0.717, 1.165) is 21.1 Å². The third-order valence-corrected chi connectivity index (χ3v) is 2.76. The van der Waals surface area contributed by atoms with Crippen LogP contribution in [0.4, 0.5) is 0 Å². The molecular weight excluding hydrogens is 240 g/mol. The Hall–Kier alpha value is -0.930. The first-order chi connectivity index (χ1) is 6.70. The van der Waals surface area contributed by atoms with E-state index in [9.17, 15) is 0 Å². The molecule has 1 heterocycles. The second-order valence-corrected chi connectivity index (χ2v) is 4.18. The van der Waals surface area contributed by atoms with Crippen molar-refractivity contribution in [1.82, 2.24) is 4.98 Å². The maximum absolute atomic E-state index is 5.54. The number of hydrogen-bond acceptors (Lipinski definition) is 2. The lowest BCUT2D eigenvalue weighted by Crippen LogP contribution is -1.99. The number of aryl methyl sites for hydroxylation is 1. The number of pyridine rings is 1. The van der Waals surface area contributed by atoms with Crippen LogP contribution in [0.1, 0.15) is 11.3 Å². The van der Waals surface area contributed by atoms with Crippen LogP contribution in [0.2, 0.25) is 0 Å². The van der Waals surface area contributed by atoms with Gasteiger partial charge in [-0.3, -0.25) is 4.98 Å². The van der Waals surface area contributed by atoms with Gasteiger partial charge in [-0.25, -0.2) is 0 Å². The standard InChI is InChI=1S/C11H11BrN2/c1-7-4-8-2-3-9(6-13)14-11(8)10(12)5-7/h2-5H,6,13H2,1H3. The van der Waals surface area contributed by atoms with Crippen LogP contribution in [0.5, 0.6) is 0 Å². The smallest absolute Gasteiger partial charge is 0.0847 e. The summed E-state index contributed by atoms with van der Waals surface area (Å²) in [6, 6.07) is 8.21. The lowest BCUT2D eigenvalue weighted by atomic mass is 10.1. The number of nitrogens with two attached hydrogens (primary N) is 1. The summed E-state index contributed by atoms with van der Waals surface area (Å²) < 4.78 is 1.03. The van der Waals surface area contributed by atoms with Crippen molar-refractivity contribution in [2.75, 3.05) is 0 Å². The van der Waals surface area contributed by atoms with Gasteiger partial charge in [0.2, 0.25) is 0 Å². The molecule has 0 unspecified atom stereocenters. The van der Waals surface area contributed by atoms with Gasteiger partial charge in [0, 0.05) is 16.4 Å².